The van der Waals surface area contributed by atoms with Crippen molar-refractivity contribution >= 4 is 17.3 Å². The highest BCUT2D eigenvalue weighted by atomic mass is 16.2. The molecule has 0 saturated heterocycles. The lowest BCUT2D eigenvalue weighted by atomic mass is 9.96. The Bertz CT molecular complexity index is 557. The molecule has 0 bridgehead atoms. The molecule has 0 radical (unpaired) electrons. The lowest BCUT2D eigenvalue weighted by Gasteiger charge is -2.07. The molecule has 0 heterocycles. The minimum atomic E-state index is -0.760. The van der Waals surface area contributed by atoms with Gasteiger partial charge >= 0.3 is 0 Å². The van der Waals surface area contributed by atoms with Crippen molar-refractivity contribution in [2.24, 2.45) is 11.7 Å². The maximum absolute atomic E-state index is 12.2. The smallest absolute Gasteiger partial charge is 0.232 e. The van der Waals surface area contributed by atoms with Crippen LogP contribution in [-0.4, -0.2) is 11.7 Å². The summed E-state index contributed by atoms with van der Waals surface area (Å²) in [4.78, 5) is 23.6. The first kappa shape index (κ1) is 10.3. The third kappa shape index (κ3) is 1.35. The molecule has 1 aromatic carbocycles. The maximum atomic E-state index is 12.2. The number of allylic oxidation sites excluding steroid dienone is 1. The summed E-state index contributed by atoms with van der Waals surface area (Å²) < 4.78 is 0. The highest BCUT2D eigenvalue weighted by Crippen LogP contribution is 2.41. The number of ketones is 1. The van der Waals surface area contributed by atoms with Crippen LogP contribution in [0.2, 0.25) is 0 Å². The third-order valence-corrected chi connectivity index (χ3v) is 3.58. The van der Waals surface area contributed by atoms with E-state index in [9.17, 15) is 9.59 Å². The average molecular weight is 227 g/mol. The summed E-state index contributed by atoms with van der Waals surface area (Å²) in [6.45, 7) is 0. The number of rotatable bonds is 1. The highest BCUT2D eigenvalue weighted by molar-refractivity contribution is 6.24. The highest BCUT2D eigenvalue weighted by Gasteiger charge is 2.40. The molecular formula is C14H13NO2. The molecule has 2 aliphatic carbocycles. The van der Waals surface area contributed by atoms with E-state index in [4.69, 9.17) is 5.73 Å². The first-order chi connectivity index (χ1) is 8.20. The number of nitrogens with two attached hydrogens (primary N) is 1. The van der Waals surface area contributed by atoms with Crippen molar-refractivity contribution in [3.8, 4) is 0 Å². The fourth-order valence-corrected chi connectivity index (χ4v) is 2.85. The van der Waals surface area contributed by atoms with Gasteiger partial charge in [-0.2, -0.15) is 0 Å². The Kier molecular flexibility index (Phi) is 2.15. The molecule has 1 amide bonds. The topological polar surface area (TPSA) is 60.2 Å². The van der Waals surface area contributed by atoms with Gasteiger partial charge in [-0.15, -0.1) is 0 Å². The Morgan fingerprint density at radius 3 is 2.94 bits per heavy atom. The van der Waals surface area contributed by atoms with Crippen LogP contribution in [0.5, 0.6) is 0 Å². The standard InChI is InChI=1S/C14H13NO2/c15-14(17)12-9-6-2-1-4-8-5-3-7-10(11(8)9)13(12)16/h3,5-7,12H,1-2,4H2,(H2,15,17). The number of carbonyl (C=O) groups is 2. The van der Waals surface area contributed by atoms with E-state index in [-0.39, 0.29) is 5.78 Å². The van der Waals surface area contributed by atoms with E-state index in [0.717, 1.165) is 30.4 Å². The van der Waals surface area contributed by atoms with Gasteiger partial charge < -0.3 is 5.73 Å². The van der Waals surface area contributed by atoms with Crippen LogP contribution in [0.25, 0.3) is 5.57 Å². The Morgan fingerprint density at radius 1 is 1.35 bits per heavy atom. The number of hydrogen-bond donors (Lipinski definition) is 1. The Morgan fingerprint density at radius 2 is 2.18 bits per heavy atom. The van der Waals surface area contributed by atoms with E-state index < -0.39 is 11.8 Å². The van der Waals surface area contributed by atoms with Gasteiger partial charge in [0.2, 0.25) is 5.91 Å². The number of Topliss-reactive ketones (excluding diaryl/α,β-unsaturated/α-hetero) is 1. The lowest BCUT2D eigenvalue weighted by molar-refractivity contribution is -0.118. The second-order valence-corrected chi connectivity index (χ2v) is 4.59. The zero-order chi connectivity index (χ0) is 12.0. The number of aryl methyl sites for hydroxylation is 1. The van der Waals surface area contributed by atoms with Gasteiger partial charge in [-0.25, -0.2) is 0 Å². The van der Waals surface area contributed by atoms with Gasteiger partial charge in [0.1, 0.15) is 5.92 Å². The molecule has 3 rings (SSSR count). The molecule has 3 heteroatoms. The quantitative estimate of drug-likeness (QED) is 0.742. The number of carbonyl (C=O) groups excluding carboxylic acids is 2. The Hall–Kier alpha value is -1.90. The molecule has 3 nitrogen and oxygen atoms in total. The summed E-state index contributed by atoms with van der Waals surface area (Å²) in [7, 11) is 0. The molecule has 0 fully saturated rings. The lowest BCUT2D eigenvalue weighted by Crippen LogP contribution is -2.27. The first-order valence-corrected chi connectivity index (χ1v) is 5.86. The Balaban J connectivity index is 2.28. The predicted molar refractivity (Wildman–Crippen MR) is 64.4 cm³/mol. The number of amides is 1. The van der Waals surface area contributed by atoms with Crippen molar-refractivity contribution in [2.45, 2.75) is 19.3 Å². The second-order valence-electron chi connectivity index (χ2n) is 4.59. The van der Waals surface area contributed by atoms with E-state index in [1.807, 2.05) is 18.2 Å². The van der Waals surface area contributed by atoms with Gasteiger partial charge in [0.05, 0.1) is 0 Å². The van der Waals surface area contributed by atoms with Gasteiger partial charge in [0.25, 0.3) is 0 Å². The number of benzene rings is 1. The number of hydrogen-bond acceptors (Lipinski definition) is 2. The van der Waals surface area contributed by atoms with E-state index >= 15 is 0 Å². The van der Waals surface area contributed by atoms with E-state index in [2.05, 4.69) is 0 Å². The molecule has 2 aliphatic rings. The molecule has 0 saturated carbocycles. The van der Waals surface area contributed by atoms with E-state index in [1.165, 1.54) is 5.56 Å². The van der Waals surface area contributed by atoms with Crippen LogP contribution >= 0.6 is 0 Å². The molecule has 0 aliphatic heterocycles. The summed E-state index contributed by atoms with van der Waals surface area (Å²) in [6.07, 6.45) is 4.93. The van der Waals surface area contributed by atoms with Crippen LogP contribution in [-0.2, 0) is 11.2 Å². The van der Waals surface area contributed by atoms with Crippen molar-refractivity contribution in [3.05, 3.63) is 41.0 Å². The monoisotopic (exact) mass is 227 g/mol. The zero-order valence-corrected chi connectivity index (χ0v) is 9.40. The summed E-state index contributed by atoms with van der Waals surface area (Å²) in [5.74, 6) is -1.43. The van der Waals surface area contributed by atoms with Crippen molar-refractivity contribution in [1.29, 1.82) is 0 Å². The van der Waals surface area contributed by atoms with Crippen LogP contribution in [0.4, 0.5) is 0 Å². The zero-order valence-electron chi connectivity index (χ0n) is 9.40. The molecule has 1 atom stereocenters. The second kappa shape index (κ2) is 3.55. The van der Waals surface area contributed by atoms with Crippen LogP contribution < -0.4 is 5.73 Å². The third-order valence-electron chi connectivity index (χ3n) is 3.58. The molecule has 0 aromatic heterocycles. The van der Waals surface area contributed by atoms with E-state index in [1.54, 1.807) is 6.07 Å². The summed E-state index contributed by atoms with van der Waals surface area (Å²) in [5, 5.41) is 0. The molecule has 1 unspecified atom stereocenters. The molecule has 1 aromatic rings. The van der Waals surface area contributed by atoms with Gasteiger partial charge in [-0.1, -0.05) is 24.3 Å². The van der Waals surface area contributed by atoms with Crippen LogP contribution in [0, 0.1) is 5.92 Å². The minimum absolute atomic E-state index is 0.137. The van der Waals surface area contributed by atoms with Crippen molar-refractivity contribution in [1.82, 2.24) is 0 Å². The van der Waals surface area contributed by atoms with Crippen molar-refractivity contribution in [3.63, 3.8) is 0 Å². The van der Waals surface area contributed by atoms with Crippen molar-refractivity contribution < 1.29 is 9.59 Å². The summed E-state index contributed by atoms with van der Waals surface area (Å²) >= 11 is 0. The molecule has 86 valence electrons. The van der Waals surface area contributed by atoms with Crippen LogP contribution in [0.3, 0.4) is 0 Å². The molecule has 0 spiro atoms. The number of primary amides is 1. The Labute approximate surface area is 99.3 Å². The van der Waals surface area contributed by atoms with Gasteiger partial charge in [-0.3, -0.25) is 9.59 Å². The van der Waals surface area contributed by atoms with Gasteiger partial charge in [0, 0.05) is 5.56 Å². The minimum Gasteiger partial charge on any atom is -0.369 e. The molecule has 17 heavy (non-hydrogen) atoms. The predicted octanol–water partition coefficient (Wildman–Crippen LogP) is 1.70. The largest absolute Gasteiger partial charge is 0.369 e. The molecule has 2 N–H and O–H groups in total. The fourth-order valence-electron chi connectivity index (χ4n) is 2.85. The molecular weight excluding hydrogens is 214 g/mol. The summed E-state index contributed by atoms with van der Waals surface area (Å²) in [5.41, 5.74) is 9.00. The maximum Gasteiger partial charge on any atom is 0.232 e. The van der Waals surface area contributed by atoms with Crippen LogP contribution in [0.1, 0.15) is 34.3 Å². The first-order valence-electron chi connectivity index (χ1n) is 5.86. The summed E-state index contributed by atoms with van der Waals surface area (Å²) in [6, 6.07) is 5.72. The van der Waals surface area contributed by atoms with Gasteiger partial charge in [-0.05, 0) is 36.0 Å². The SMILES string of the molecule is NC(=O)C1C(=O)c2cccc3c2C1=CCCC3. The van der Waals surface area contributed by atoms with Crippen molar-refractivity contribution in [2.75, 3.05) is 0 Å². The fraction of sp³-hybridized carbons (Fsp3) is 0.286. The van der Waals surface area contributed by atoms with E-state index in [0.29, 0.717) is 5.56 Å². The normalized spacial score (nSPS) is 21.8. The average Bonchev–Trinajstić information content (AvgIpc) is 2.47. The van der Waals surface area contributed by atoms with Crippen LogP contribution in [0.15, 0.2) is 24.3 Å². The van der Waals surface area contributed by atoms with Gasteiger partial charge in [0.15, 0.2) is 5.78 Å².